The van der Waals surface area contributed by atoms with Gasteiger partial charge in [0.05, 0.1) is 17.1 Å². The minimum atomic E-state index is -3.87. The average molecular weight is 457 g/mol. The number of nitrogens with zero attached hydrogens (tertiary/aromatic N) is 3. The van der Waals surface area contributed by atoms with Crippen LogP contribution in [-0.2, 0) is 34.2 Å². The summed E-state index contributed by atoms with van der Waals surface area (Å²) >= 11 is 0. The Morgan fingerprint density at radius 1 is 1.16 bits per heavy atom. The van der Waals surface area contributed by atoms with E-state index < -0.39 is 10.0 Å². The van der Waals surface area contributed by atoms with Crippen LogP contribution in [0.15, 0.2) is 45.8 Å². The number of ether oxygens (including phenoxy) is 1. The van der Waals surface area contributed by atoms with Gasteiger partial charge in [0.1, 0.15) is 5.75 Å². The minimum Gasteiger partial charge on any atom is -0.482 e. The second kappa shape index (κ2) is 8.62. The maximum atomic E-state index is 13.1. The lowest BCUT2D eigenvalue weighted by Crippen LogP contribution is -2.38. The molecule has 0 atom stereocenters. The predicted octanol–water partition coefficient (Wildman–Crippen LogP) is 3.23. The predicted molar refractivity (Wildman–Crippen MR) is 118 cm³/mol. The molecule has 0 radical (unpaired) electrons. The number of aryl methyl sites for hydroxylation is 3. The Hall–Kier alpha value is -3.40. The second-order valence-corrected chi connectivity index (χ2v) is 9.12. The third-order valence-corrected chi connectivity index (χ3v) is 6.71. The molecule has 1 aromatic heterocycles. The molecule has 2 aromatic carbocycles. The highest BCUT2D eigenvalue weighted by Crippen LogP contribution is 2.37. The fourth-order valence-corrected chi connectivity index (χ4v) is 4.79. The highest BCUT2D eigenvalue weighted by molar-refractivity contribution is 7.92. The second-order valence-electron chi connectivity index (χ2n) is 7.47. The van der Waals surface area contributed by atoms with Crippen LogP contribution in [0.4, 0.5) is 11.4 Å². The lowest BCUT2D eigenvalue weighted by molar-refractivity contribution is -0.121. The molecular formula is C22H24N4O5S. The summed E-state index contributed by atoms with van der Waals surface area (Å²) in [5.74, 6) is 0.883. The van der Waals surface area contributed by atoms with Gasteiger partial charge in [-0.15, -0.1) is 0 Å². The van der Waals surface area contributed by atoms with Crippen molar-refractivity contribution in [3.05, 3.63) is 59.2 Å². The number of benzene rings is 2. The van der Waals surface area contributed by atoms with Gasteiger partial charge in [-0.25, -0.2) is 8.42 Å². The Bertz CT molecular complexity index is 1270. The van der Waals surface area contributed by atoms with Gasteiger partial charge in [0.15, 0.2) is 12.4 Å². The number of nitrogens with one attached hydrogen (secondary N) is 1. The first-order chi connectivity index (χ1) is 15.3. The van der Waals surface area contributed by atoms with Crippen LogP contribution < -0.4 is 14.4 Å². The molecule has 1 amide bonds. The molecule has 0 saturated carbocycles. The molecule has 3 aromatic rings. The topological polar surface area (TPSA) is 115 Å². The van der Waals surface area contributed by atoms with Crippen LogP contribution in [0.1, 0.15) is 36.7 Å². The average Bonchev–Trinajstić information content (AvgIpc) is 3.23. The van der Waals surface area contributed by atoms with Crippen LogP contribution in [0.2, 0.25) is 0 Å². The van der Waals surface area contributed by atoms with Gasteiger partial charge in [-0.1, -0.05) is 31.1 Å². The first-order valence-corrected chi connectivity index (χ1v) is 11.8. The van der Waals surface area contributed by atoms with Crippen molar-refractivity contribution in [3.8, 4) is 5.75 Å². The van der Waals surface area contributed by atoms with Crippen molar-refractivity contribution in [1.29, 1.82) is 0 Å². The molecule has 1 aliphatic heterocycles. The Balaban J connectivity index is 1.66. The first-order valence-electron chi connectivity index (χ1n) is 10.3. The molecule has 1 N–H and O–H groups in total. The molecule has 4 rings (SSSR count). The maximum Gasteiger partial charge on any atom is 0.265 e. The van der Waals surface area contributed by atoms with Gasteiger partial charge in [0, 0.05) is 18.2 Å². The standard InChI is InChI=1S/C22H24N4O5S/c1-4-15-7-6-8-16(10-15)25-32(28,29)19-11-18-17(9-14(19)3)26(22(27)13-30-18)12-20-23-21(5-2)31-24-20/h6-11,25H,4-5,12-13H2,1-3H3. The SMILES string of the molecule is CCc1cccc(NS(=O)(=O)c2cc3c(cc2C)N(Cc2noc(CC)n2)C(=O)CO3)c1. The molecule has 168 valence electrons. The molecule has 32 heavy (non-hydrogen) atoms. The van der Waals surface area contributed by atoms with Crippen molar-refractivity contribution in [2.75, 3.05) is 16.2 Å². The van der Waals surface area contributed by atoms with E-state index in [1.807, 2.05) is 26.0 Å². The Morgan fingerprint density at radius 3 is 2.69 bits per heavy atom. The lowest BCUT2D eigenvalue weighted by Gasteiger charge is -2.29. The van der Waals surface area contributed by atoms with Crippen molar-refractivity contribution in [1.82, 2.24) is 10.1 Å². The largest absolute Gasteiger partial charge is 0.482 e. The van der Waals surface area contributed by atoms with Crippen LogP contribution in [0.3, 0.4) is 0 Å². The normalized spacial score (nSPS) is 13.6. The van der Waals surface area contributed by atoms with Crippen LogP contribution >= 0.6 is 0 Å². The number of amides is 1. The van der Waals surface area contributed by atoms with E-state index >= 15 is 0 Å². The first kappa shape index (κ1) is 21.8. The Labute approximate surface area is 186 Å². The maximum absolute atomic E-state index is 13.1. The van der Waals surface area contributed by atoms with E-state index in [1.54, 1.807) is 25.1 Å². The van der Waals surface area contributed by atoms with Gasteiger partial charge in [-0.05, 0) is 42.7 Å². The fraction of sp³-hybridized carbons (Fsp3) is 0.318. The molecule has 10 heteroatoms. The zero-order valence-corrected chi connectivity index (χ0v) is 18.9. The van der Waals surface area contributed by atoms with E-state index in [0.29, 0.717) is 40.8 Å². The van der Waals surface area contributed by atoms with Gasteiger partial charge < -0.3 is 9.26 Å². The summed E-state index contributed by atoms with van der Waals surface area (Å²) in [7, 11) is -3.87. The molecular weight excluding hydrogens is 432 g/mol. The number of sulfonamides is 1. The fourth-order valence-electron chi connectivity index (χ4n) is 3.50. The molecule has 1 aliphatic rings. The van der Waals surface area contributed by atoms with E-state index in [-0.39, 0.29) is 24.0 Å². The number of carbonyl (C=O) groups excluding carboxylic acids is 1. The summed E-state index contributed by atoms with van der Waals surface area (Å²) in [6.45, 7) is 5.47. The monoisotopic (exact) mass is 456 g/mol. The number of rotatable bonds is 7. The van der Waals surface area contributed by atoms with Crippen molar-refractivity contribution in [2.24, 2.45) is 0 Å². The van der Waals surface area contributed by atoms with Crippen molar-refractivity contribution in [2.45, 2.75) is 45.1 Å². The minimum absolute atomic E-state index is 0.0836. The van der Waals surface area contributed by atoms with Gasteiger partial charge in [0.25, 0.3) is 15.9 Å². The van der Waals surface area contributed by atoms with E-state index in [1.165, 1.54) is 11.0 Å². The number of hydrogen-bond donors (Lipinski definition) is 1. The van der Waals surface area contributed by atoms with E-state index in [4.69, 9.17) is 9.26 Å². The van der Waals surface area contributed by atoms with Crippen molar-refractivity contribution < 1.29 is 22.5 Å². The smallest absolute Gasteiger partial charge is 0.265 e. The summed E-state index contributed by atoms with van der Waals surface area (Å²) < 4.78 is 39.5. The van der Waals surface area contributed by atoms with E-state index in [2.05, 4.69) is 14.9 Å². The Kier molecular flexibility index (Phi) is 5.88. The number of aromatic nitrogens is 2. The van der Waals surface area contributed by atoms with Crippen LogP contribution in [-0.4, -0.2) is 31.1 Å². The number of fused-ring (bicyclic) bond motifs is 1. The van der Waals surface area contributed by atoms with Crippen LogP contribution in [0.5, 0.6) is 5.75 Å². The molecule has 9 nitrogen and oxygen atoms in total. The zero-order valence-electron chi connectivity index (χ0n) is 18.1. The third kappa shape index (κ3) is 4.31. The van der Waals surface area contributed by atoms with Crippen LogP contribution in [0.25, 0.3) is 0 Å². The quantitative estimate of drug-likeness (QED) is 0.580. The van der Waals surface area contributed by atoms with Gasteiger partial charge >= 0.3 is 0 Å². The Morgan fingerprint density at radius 2 is 1.97 bits per heavy atom. The lowest BCUT2D eigenvalue weighted by atomic mass is 10.1. The highest BCUT2D eigenvalue weighted by Gasteiger charge is 2.30. The van der Waals surface area contributed by atoms with Crippen LogP contribution in [0, 0.1) is 6.92 Å². The van der Waals surface area contributed by atoms with Gasteiger partial charge in [-0.3, -0.25) is 14.4 Å². The third-order valence-electron chi connectivity index (χ3n) is 5.19. The van der Waals surface area contributed by atoms with E-state index in [0.717, 1.165) is 12.0 Å². The highest BCUT2D eigenvalue weighted by atomic mass is 32.2. The summed E-state index contributed by atoms with van der Waals surface area (Å²) in [5, 5.41) is 3.90. The molecule has 0 saturated heterocycles. The number of anilines is 2. The zero-order chi connectivity index (χ0) is 22.9. The van der Waals surface area contributed by atoms with Crippen molar-refractivity contribution in [3.63, 3.8) is 0 Å². The van der Waals surface area contributed by atoms with Crippen molar-refractivity contribution >= 4 is 27.3 Å². The summed E-state index contributed by atoms with van der Waals surface area (Å²) in [6, 6.07) is 10.3. The molecule has 0 bridgehead atoms. The summed E-state index contributed by atoms with van der Waals surface area (Å²) in [4.78, 5) is 18.3. The van der Waals surface area contributed by atoms with Gasteiger partial charge in [-0.2, -0.15) is 4.98 Å². The molecule has 0 unspecified atom stereocenters. The molecule has 2 heterocycles. The summed E-state index contributed by atoms with van der Waals surface area (Å²) in [5.41, 5.74) is 2.46. The summed E-state index contributed by atoms with van der Waals surface area (Å²) in [6.07, 6.45) is 1.39. The molecule has 0 aliphatic carbocycles. The number of hydrogen-bond acceptors (Lipinski definition) is 7. The molecule has 0 spiro atoms. The molecule has 0 fully saturated rings. The van der Waals surface area contributed by atoms with E-state index in [9.17, 15) is 13.2 Å². The number of carbonyl (C=O) groups is 1. The van der Waals surface area contributed by atoms with Gasteiger partial charge in [0.2, 0.25) is 5.89 Å².